The number of furan rings is 4. The number of hydrogen-bond donors (Lipinski definition) is 8. The first-order valence-corrected chi connectivity index (χ1v) is 39.5. The molecule has 1 aliphatic heterocycles. The third-order valence-electron chi connectivity index (χ3n) is 19.5. The fraction of sp³-hybridized carbons (Fsp3) is 0.247. The molecule has 124 heavy (non-hydrogen) atoms. The van der Waals surface area contributed by atoms with Crippen LogP contribution in [0.25, 0.3) is 91.0 Å². The number of ether oxygens (including phenoxy) is 2. The van der Waals surface area contributed by atoms with Gasteiger partial charge in [-0.3, -0.25) is 83.1 Å². The minimum atomic E-state index is -4.40. The second-order valence-electron chi connectivity index (χ2n) is 29.2. The predicted octanol–water partition coefficient (Wildman–Crippen LogP) is 14.3. The number of aromatic nitrogens is 20. The van der Waals surface area contributed by atoms with Crippen molar-refractivity contribution < 1.29 is 59.5 Å². The number of alkyl halides is 3. The first-order chi connectivity index (χ1) is 60.2. The Kier molecular flexibility index (Phi) is 26.4. The van der Waals surface area contributed by atoms with Gasteiger partial charge in [-0.15, -0.1) is 0 Å². The molecule has 4 amide bonds. The maximum Gasteiger partial charge on any atom is 0.411 e. The molecular weight excluding hydrogens is 1600 g/mol. The van der Waals surface area contributed by atoms with Gasteiger partial charge >= 0.3 is 6.18 Å². The fourth-order valence-corrected chi connectivity index (χ4v) is 13.1. The van der Waals surface area contributed by atoms with Crippen LogP contribution in [0.15, 0.2) is 238 Å². The quantitative estimate of drug-likeness (QED) is 0.0222. The van der Waals surface area contributed by atoms with E-state index >= 15 is 0 Å². The van der Waals surface area contributed by atoms with Gasteiger partial charge in [0.15, 0.2) is 28.8 Å². The van der Waals surface area contributed by atoms with E-state index in [4.69, 9.17) is 32.6 Å². The van der Waals surface area contributed by atoms with Crippen LogP contribution in [-0.4, -0.2) is 205 Å². The third-order valence-corrected chi connectivity index (χ3v) is 19.5. The smallest absolute Gasteiger partial charge is 0.411 e. The van der Waals surface area contributed by atoms with Crippen LogP contribution in [0.4, 0.5) is 35.9 Å². The average molecular weight is 1690 g/mol. The van der Waals surface area contributed by atoms with Crippen LogP contribution in [0.5, 0.6) is 0 Å². The number of nitrogens with one attached hydrogen (secondary N) is 8. The fourth-order valence-electron chi connectivity index (χ4n) is 13.1. The van der Waals surface area contributed by atoms with Crippen molar-refractivity contribution in [2.75, 3.05) is 74.3 Å². The van der Waals surface area contributed by atoms with E-state index in [1.165, 1.54) is 16.9 Å². The lowest BCUT2D eigenvalue weighted by molar-refractivity contribution is -0.174. The summed E-state index contributed by atoms with van der Waals surface area (Å²) in [5.41, 5.74) is 9.79. The van der Waals surface area contributed by atoms with Gasteiger partial charge in [0.25, 0.3) is 23.6 Å². The lowest BCUT2D eigenvalue weighted by Gasteiger charge is -2.36. The highest BCUT2D eigenvalue weighted by Gasteiger charge is 2.35. The highest BCUT2D eigenvalue weighted by Crippen LogP contribution is 2.39. The number of carbonyl (C=O) groups excluding carboxylic acids is 4. The summed E-state index contributed by atoms with van der Waals surface area (Å²) < 4.78 is 76.9. The second-order valence-corrected chi connectivity index (χ2v) is 29.2. The summed E-state index contributed by atoms with van der Waals surface area (Å²) in [5, 5.41) is 56.3. The van der Waals surface area contributed by atoms with E-state index in [0.29, 0.717) is 97.0 Å². The van der Waals surface area contributed by atoms with E-state index in [0.717, 1.165) is 68.8 Å². The van der Waals surface area contributed by atoms with Gasteiger partial charge in [-0.05, 0) is 151 Å². The molecule has 8 N–H and O–H groups in total. The zero-order valence-corrected chi connectivity index (χ0v) is 67.6. The maximum atomic E-state index is 12.9. The van der Waals surface area contributed by atoms with Crippen molar-refractivity contribution in [3.63, 3.8) is 0 Å². The molecule has 0 aromatic carbocycles. The van der Waals surface area contributed by atoms with Gasteiger partial charge in [0.05, 0.1) is 119 Å². The van der Waals surface area contributed by atoms with Gasteiger partial charge in [-0.2, -0.15) is 54.0 Å². The largest absolute Gasteiger partial charge is 0.451 e. The average Bonchev–Trinajstić information content (AvgIpc) is 1.63. The van der Waals surface area contributed by atoms with E-state index in [1.807, 2.05) is 104 Å². The molecule has 2 fully saturated rings. The van der Waals surface area contributed by atoms with E-state index in [9.17, 15) is 32.3 Å². The zero-order chi connectivity index (χ0) is 86.1. The molecule has 36 nitrogen and oxygen atoms in total. The monoisotopic (exact) mass is 1690 g/mol. The molecular formula is C85H85F3N26O10. The van der Waals surface area contributed by atoms with Crippen LogP contribution >= 0.6 is 0 Å². The van der Waals surface area contributed by atoms with Crippen LogP contribution in [-0.2, 0) is 22.6 Å². The SMILES string of the molecule is CC(C)OC1CC(n2cc(NC(=O)c3ccc(-c4cn[nH]c4)o3)c(-c3ccccn3)n2)C1.CC(C)n1cc(NC(=O)c2ccc(-c3cn[nH]c3)o2)c(-c2ccccn2)n1.CN1CCN(CCn2cc(NC(=O)c3ccc(-c4cn[nH]c4)o3)c(-c3ccccn3)n2)CC1.O=C(Nc1cn(CCOCC(F)(F)F)nc1-c1ccccn1)c1ccc(-c2ccn[nH]2)o1. The Balaban J connectivity index is 0.000000128. The molecule has 1 saturated heterocycles. The number of H-pyrrole nitrogens is 4. The molecule has 0 bridgehead atoms. The van der Waals surface area contributed by atoms with Crippen molar-refractivity contribution in [3.05, 3.63) is 243 Å². The molecule has 0 spiro atoms. The molecule has 39 heteroatoms. The van der Waals surface area contributed by atoms with Gasteiger partial charge in [0.1, 0.15) is 52.4 Å². The highest BCUT2D eigenvalue weighted by molar-refractivity contribution is 6.07. The number of piperazine rings is 1. The van der Waals surface area contributed by atoms with Crippen molar-refractivity contribution in [2.45, 2.75) is 84.1 Å². The van der Waals surface area contributed by atoms with Gasteiger partial charge in [-0.25, -0.2) is 0 Å². The predicted molar refractivity (Wildman–Crippen MR) is 448 cm³/mol. The van der Waals surface area contributed by atoms with Gasteiger partial charge < -0.3 is 53.3 Å². The molecule has 17 heterocycles. The Bertz CT molecular complexity index is 6080. The first kappa shape index (κ1) is 83.9. The summed E-state index contributed by atoms with van der Waals surface area (Å²) in [5.74, 6) is 1.23. The number of nitrogens with zero attached hydrogens (tertiary/aromatic N) is 18. The number of amides is 4. The number of anilines is 4. The van der Waals surface area contributed by atoms with Crippen LogP contribution in [0.3, 0.4) is 0 Å². The van der Waals surface area contributed by atoms with Crippen LogP contribution in [0.1, 0.15) is 94.8 Å². The van der Waals surface area contributed by atoms with Crippen molar-refractivity contribution in [2.24, 2.45) is 0 Å². The molecule has 1 saturated carbocycles. The van der Waals surface area contributed by atoms with Crippen molar-refractivity contribution in [3.8, 4) is 91.0 Å². The number of halogens is 3. The Labute approximate surface area is 705 Å². The number of carbonyl (C=O) groups is 4. The zero-order valence-electron chi connectivity index (χ0n) is 67.6. The number of pyridine rings is 4. The Morgan fingerprint density at radius 3 is 1.30 bits per heavy atom. The summed E-state index contributed by atoms with van der Waals surface area (Å²) in [6, 6.07) is 37.4. The normalized spacial score (nSPS) is 14.0. The van der Waals surface area contributed by atoms with Crippen molar-refractivity contribution in [1.29, 1.82) is 0 Å². The number of likely N-dealkylation sites (N-methyl/N-ethyl adjacent to an activating group) is 1. The van der Waals surface area contributed by atoms with E-state index < -0.39 is 18.7 Å². The minimum Gasteiger partial charge on any atom is -0.451 e. The Morgan fingerprint density at radius 2 is 0.895 bits per heavy atom. The standard InChI is InChI=1S/C23H26N8O2.C23H24N6O3.C20H17F3N6O3.C19H18N6O2/c1-29-8-10-30(11-9-29)12-13-31-16-19(22(28-31)18-4-2-3-7-24-18)27-23(32)21-6-5-20(33-21)17-14-25-26-15-17;1-14(2)31-17-9-16(10-17)29-13-19(22(28-29)18-5-3-4-8-24-18)27-23(30)21-7-6-20(32-21)15-11-25-26-12-15;21-20(22,23)12-31-10-9-29-11-15(18(28-29)14-3-1-2-7-24-14)26-19(30)17-5-4-16(32-17)13-6-8-25-27-13;1-12(2)25-11-15(18(24-25)14-5-3-4-8-20-14)23-19(26)17-7-6-16(27-17)13-9-21-22-10-13/h2-7,14-16H,8-13H2,1H3,(H,25,26)(H,27,32);3-8,11-14,16-17H,9-10H2,1-2H3,(H,25,26)(H,27,30);1-8,11H,9-10,12H2,(H,25,27)(H,26,30);3-12H,1-2H3,(H,21,22)(H,23,26). The maximum absolute atomic E-state index is 12.9. The molecule has 0 atom stereocenters. The lowest BCUT2D eigenvalue weighted by atomic mass is 9.89. The molecule has 16 aromatic heterocycles. The summed E-state index contributed by atoms with van der Waals surface area (Å²) in [6.07, 6.45) is 23.1. The van der Waals surface area contributed by atoms with E-state index in [1.54, 1.807) is 146 Å². The lowest BCUT2D eigenvalue weighted by Crippen LogP contribution is -2.45. The molecule has 0 unspecified atom stereocenters. The first-order valence-electron chi connectivity index (χ1n) is 39.5. The molecule has 16 aromatic rings. The number of aromatic amines is 4. The van der Waals surface area contributed by atoms with Crippen molar-refractivity contribution in [1.82, 2.24) is 110 Å². The van der Waals surface area contributed by atoms with Crippen LogP contribution < -0.4 is 21.3 Å². The van der Waals surface area contributed by atoms with Crippen LogP contribution in [0, 0.1) is 0 Å². The third kappa shape index (κ3) is 21.5. The van der Waals surface area contributed by atoms with Crippen LogP contribution in [0.2, 0.25) is 0 Å². The summed E-state index contributed by atoms with van der Waals surface area (Å²) >= 11 is 0. The summed E-state index contributed by atoms with van der Waals surface area (Å²) in [6.45, 7) is 12.5. The van der Waals surface area contributed by atoms with E-state index in [-0.39, 0.29) is 78.2 Å². The van der Waals surface area contributed by atoms with Gasteiger partial charge in [0.2, 0.25) is 0 Å². The summed E-state index contributed by atoms with van der Waals surface area (Å²) in [4.78, 5) is 73.4. The van der Waals surface area contributed by atoms with Gasteiger partial charge in [-0.1, -0.05) is 24.3 Å². The Morgan fingerprint density at radius 1 is 0.476 bits per heavy atom. The highest BCUT2D eigenvalue weighted by atomic mass is 19.4. The molecule has 1 aliphatic carbocycles. The molecule has 18 rings (SSSR count). The molecule has 2 aliphatic rings. The Hall–Kier alpha value is -15.1. The number of rotatable bonds is 27. The van der Waals surface area contributed by atoms with Crippen molar-refractivity contribution >= 4 is 46.4 Å². The topological polar surface area (TPSA) is 431 Å². The number of hydrogen-bond acceptors (Lipinski definition) is 24. The minimum absolute atomic E-state index is 0.0521. The van der Waals surface area contributed by atoms with Gasteiger partial charge in [0, 0.05) is 113 Å². The molecule has 636 valence electrons. The summed E-state index contributed by atoms with van der Waals surface area (Å²) in [7, 11) is 2.15. The second kappa shape index (κ2) is 39.0. The molecule has 0 radical (unpaired) electrons. The van der Waals surface area contributed by atoms with E-state index in [2.05, 4.69) is 114 Å².